The molecule has 0 saturated heterocycles. The minimum absolute atomic E-state index is 0.0617. The zero-order valence-corrected chi connectivity index (χ0v) is 9.30. The summed E-state index contributed by atoms with van der Waals surface area (Å²) in [4.78, 5) is 4.17. The predicted molar refractivity (Wildman–Crippen MR) is 67.5 cm³/mol. The maximum Gasteiger partial charge on any atom is 0.120 e. The number of aromatic nitrogens is 1. The van der Waals surface area contributed by atoms with Crippen molar-refractivity contribution in [2.45, 2.75) is 13.2 Å². The minimum Gasteiger partial charge on any atom is -0.392 e. The number of rotatable bonds is 2. The molecule has 1 aromatic heterocycles. The molecule has 2 heterocycles. The second kappa shape index (κ2) is 4.07. The van der Waals surface area contributed by atoms with Crippen LogP contribution in [0.1, 0.15) is 11.1 Å². The number of aliphatic imine (C=N–C) groups is 1. The topological polar surface area (TPSA) is 49.5 Å². The maximum atomic E-state index is 9.15. The van der Waals surface area contributed by atoms with Crippen molar-refractivity contribution < 1.29 is 5.11 Å². The van der Waals surface area contributed by atoms with Crippen molar-refractivity contribution in [1.82, 2.24) is 4.57 Å². The molecule has 17 heavy (non-hydrogen) atoms. The molecule has 2 aromatic rings. The highest BCUT2D eigenvalue weighted by Gasteiger charge is 2.11. The largest absolute Gasteiger partial charge is 0.392 e. The third-order valence-corrected chi connectivity index (χ3v) is 2.90. The van der Waals surface area contributed by atoms with Crippen LogP contribution in [0.25, 0.3) is 5.69 Å². The lowest BCUT2D eigenvalue weighted by Crippen LogP contribution is -2.08. The Balaban J connectivity index is 2.07. The van der Waals surface area contributed by atoms with Crippen LogP contribution >= 0.6 is 0 Å². The lowest BCUT2D eigenvalue weighted by atomic mass is 10.2. The number of benzene rings is 1. The van der Waals surface area contributed by atoms with Gasteiger partial charge in [0.15, 0.2) is 0 Å². The number of hydrogen-bond acceptors (Lipinski definition) is 3. The van der Waals surface area contributed by atoms with Gasteiger partial charge >= 0.3 is 0 Å². The molecule has 0 fully saturated rings. The van der Waals surface area contributed by atoms with E-state index >= 15 is 0 Å². The lowest BCUT2D eigenvalue weighted by molar-refractivity contribution is 0.282. The van der Waals surface area contributed by atoms with Crippen LogP contribution in [0.4, 0.5) is 5.82 Å². The molecule has 86 valence electrons. The van der Waals surface area contributed by atoms with Crippen molar-refractivity contribution in [3.05, 3.63) is 47.7 Å². The molecule has 1 aliphatic heterocycles. The van der Waals surface area contributed by atoms with Gasteiger partial charge < -0.3 is 15.0 Å². The van der Waals surface area contributed by atoms with E-state index in [1.54, 1.807) is 6.34 Å². The van der Waals surface area contributed by atoms with Crippen LogP contribution in [0, 0.1) is 0 Å². The van der Waals surface area contributed by atoms with Gasteiger partial charge in [0, 0.05) is 17.4 Å². The van der Waals surface area contributed by atoms with E-state index in [-0.39, 0.29) is 6.61 Å². The monoisotopic (exact) mass is 227 g/mol. The molecule has 0 radical (unpaired) electrons. The van der Waals surface area contributed by atoms with Gasteiger partial charge in [0.2, 0.25) is 0 Å². The molecule has 1 aliphatic rings. The Bertz CT molecular complexity index is 572. The molecule has 3 rings (SSSR count). The van der Waals surface area contributed by atoms with Gasteiger partial charge in [0.1, 0.15) is 5.82 Å². The Morgan fingerprint density at radius 3 is 3.18 bits per heavy atom. The van der Waals surface area contributed by atoms with Crippen molar-refractivity contribution in [3.63, 3.8) is 0 Å². The fraction of sp³-hybridized carbons (Fsp3) is 0.154. The molecular formula is C13H13N3O. The van der Waals surface area contributed by atoms with Gasteiger partial charge in [-0.25, -0.2) is 0 Å². The normalized spacial score (nSPS) is 13.2. The Labute approximate surface area is 99.2 Å². The smallest absolute Gasteiger partial charge is 0.120 e. The lowest BCUT2D eigenvalue weighted by Gasteiger charge is -2.13. The Hall–Kier alpha value is -2.07. The molecule has 4 heteroatoms. The summed E-state index contributed by atoms with van der Waals surface area (Å²) in [5.74, 6) is 1.05. The molecular weight excluding hydrogens is 214 g/mol. The van der Waals surface area contributed by atoms with Crippen molar-refractivity contribution in [2.75, 3.05) is 5.32 Å². The number of nitrogens with zero attached hydrogens (tertiary/aromatic N) is 2. The van der Waals surface area contributed by atoms with E-state index in [1.807, 2.05) is 30.5 Å². The number of aliphatic hydroxyl groups is 1. The Morgan fingerprint density at radius 1 is 1.35 bits per heavy atom. The summed E-state index contributed by atoms with van der Waals surface area (Å²) in [6, 6.07) is 9.92. The highest BCUT2D eigenvalue weighted by molar-refractivity contribution is 5.79. The fourth-order valence-electron chi connectivity index (χ4n) is 2.03. The average Bonchev–Trinajstić information content (AvgIpc) is 2.82. The van der Waals surface area contributed by atoms with Gasteiger partial charge in [-0.2, -0.15) is 0 Å². The Morgan fingerprint density at radius 2 is 2.29 bits per heavy atom. The van der Waals surface area contributed by atoms with Gasteiger partial charge in [-0.05, 0) is 23.8 Å². The first-order chi connectivity index (χ1) is 8.38. The van der Waals surface area contributed by atoms with Gasteiger partial charge in [-0.1, -0.05) is 12.1 Å². The van der Waals surface area contributed by atoms with Crippen molar-refractivity contribution in [1.29, 1.82) is 0 Å². The molecule has 0 atom stereocenters. The number of fused-ring (bicyclic) bond motifs is 1. The van der Waals surface area contributed by atoms with E-state index in [0.717, 1.165) is 23.6 Å². The molecule has 4 nitrogen and oxygen atoms in total. The molecule has 0 aliphatic carbocycles. The first-order valence-electron chi connectivity index (χ1n) is 5.54. The van der Waals surface area contributed by atoms with Crippen LogP contribution < -0.4 is 5.32 Å². The van der Waals surface area contributed by atoms with Crippen LogP contribution in [-0.2, 0) is 13.2 Å². The zero-order chi connectivity index (χ0) is 11.7. The average molecular weight is 227 g/mol. The summed E-state index contributed by atoms with van der Waals surface area (Å²) in [6.45, 7) is 0.779. The summed E-state index contributed by atoms with van der Waals surface area (Å²) in [5.41, 5.74) is 3.14. The molecule has 0 spiro atoms. The maximum absolute atomic E-state index is 9.15. The van der Waals surface area contributed by atoms with Gasteiger partial charge in [-0.15, -0.1) is 0 Å². The number of hydrogen-bond donors (Lipinski definition) is 2. The molecule has 0 unspecified atom stereocenters. The number of nitrogens with one attached hydrogen (secondary N) is 1. The van der Waals surface area contributed by atoms with E-state index in [0.29, 0.717) is 0 Å². The van der Waals surface area contributed by atoms with Gasteiger partial charge in [0.25, 0.3) is 0 Å². The summed E-state index contributed by atoms with van der Waals surface area (Å²) in [7, 11) is 0. The van der Waals surface area contributed by atoms with Gasteiger partial charge in [0.05, 0.1) is 19.5 Å². The number of aliphatic hydroxyl groups excluding tert-OH is 1. The highest BCUT2D eigenvalue weighted by Crippen LogP contribution is 2.25. The fourth-order valence-corrected chi connectivity index (χ4v) is 2.03. The summed E-state index contributed by atoms with van der Waals surface area (Å²) in [5, 5.41) is 12.3. The van der Waals surface area contributed by atoms with Crippen LogP contribution in [0.3, 0.4) is 0 Å². The number of anilines is 1. The van der Waals surface area contributed by atoms with Crippen molar-refractivity contribution in [2.24, 2.45) is 4.99 Å². The van der Waals surface area contributed by atoms with Crippen molar-refractivity contribution >= 4 is 12.2 Å². The second-order valence-electron chi connectivity index (χ2n) is 4.00. The van der Waals surface area contributed by atoms with Crippen LogP contribution in [0.2, 0.25) is 0 Å². The van der Waals surface area contributed by atoms with E-state index in [9.17, 15) is 0 Å². The molecule has 0 saturated carbocycles. The third-order valence-electron chi connectivity index (χ3n) is 2.90. The predicted octanol–water partition coefficient (Wildman–Crippen LogP) is 1.92. The summed E-state index contributed by atoms with van der Waals surface area (Å²) < 4.78 is 2.07. The van der Waals surface area contributed by atoms with Crippen molar-refractivity contribution in [3.8, 4) is 5.69 Å². The molecule has 0 bridgehead atoms. The van der Waals surface area contributed by atoms with E-state index in [2.05, 4.69) is 20.9 Å². The quantitative estimate of drug-likeness (QED) is 0.823. The van der Waals surface area contributed by atoms with E-state index < -0.39 is 0 Å². The third kappa shape index (κ3) is 1.72. The minimum atomic E-state index is 0.0617. The van der Waals surface area contributed by atoms with Crippen LogP contribution in [0.15, 0.2) is 41.5 Å². The molecule has 0 amide bonds. The zero-order valence-electron chi connectivity index (χ0n) is 9.30. The first-order valence-corrected chi connectivity index (χ1v) is 5.54. The standard InChI is InChI=1S/C13H13N3O/c17-8-10-2-1-3-12(6-10)16-5-4-11-7-14-9-15-13(11)16/h1-6,9,17H,7-8H2,(H,14,15). The highest BCUT2D eigenvalue weighted by atomic mass is 16.3. The second-order valence-corrected chi connectivity index (χ2v) is 4.00. The van der Waals surface area contributed by atoms with Crippen LogP contribution in [0.5, 0.6) is 0 Å². The molecule has 2 N–H and O–H groups in total. The Kier molecular flexibility index (Phi) is 2.42. The van der Waals surface area contributed by atoms with Crippen LogP contribution in [-0.4, -0.2) is 16.0 Å². The first kappa shape index (κ1) is 10.1. The van der Waals surface area contributed by atoms with Gasteiger partial charge in [-0.3, -0.25) is 4.99 Å². The van der Waals surface area contributed by atoms with E-state index in [1.165, 1.54) is 5.56 Å². The molecule has 1 aromatic carbocycles. The summed E-state index contributed by atoms with van der Waals surface area (Å²) in [6.07, 6.45) is 3.73. The SMILES string of the molecule is OCc1cccc(-n2ccc3c2NC=NC3)c1. The summed E-state index contributed by atoms with van der Waals surface area (Å²) >= 11 is 0. The van der Waals surface area contributed by atoms with E-state index in [4.69, 9.17) is 5.11 Å².